The van der Waals surface area contributed by atoms with E-state index in [-0.39, 0.29) is 0 Å². The summed E-state index contributed by atoms with van der Waals surface area (Å²) < 4.78 is 2.44. The van der Waals surface area contributed by atoms with Crippen LogP contribution in [0.5, 0.6) is 0 Å². The Morgan fingerprint density at radius 2 is 1.81 bits per heavy atom. The lowest BCUT2D eigenvalue weighted by molar-refractivity contribution is 0.664. The van der Waals surface area contributed by atoms with Crippen molar-refractivity contribution in [2.24, 2.45) is 0 Å². The molecule has 1 aliphatic carbocycles. The van der Waals surface area contributed by atoms with Crippen LogP contribution in [0.2, 0.25) is 0 Å². The first-order chi connectivity index (χ1) is 10.2. The zero-order valence-corrected chi connectivity index (χ0v) is 15.6. The van der Waals surface area contributed by atoms with Gasteiger partial charge in [0.1, 0.15) is 0 Å². The summed E-state index contributed by atoms with van der Waals surface area (Å²) in [4.78, 5) is 0. The van der Waals surface area contributed by atoms with Crippen LogP contribution in [-0.4, -0.2) is 0 Å². The van der Waals surface area contributed by atoms with E-state index in [1.807, 2.05) is 0 Å². The summed E-state index contributed by atoms with van der Waals surface area (Å²) in [5.41, 5.74) is 7.34. The summed E-state index contributed by atoms with van der Waals surface area (Å²) in [7, 11) is 0. The highest BCUT2D eigenvalue weighted by molar-refractivity contribution is 9.13. The van der Waals surface area contributed by atoms with E-state index in [9.17, 15) is 0 Å². The molecule has 2 aromatic carbocycles. The van der Waals surface area contributed by atoms with Crippen LogP contribution in [0.1, 0.15) is 49.3 Å². The molecule has 0 saturated heterocycles. The summed E-state index contributed by atoms with van der Waals surface area (Å²) in [6.07, 6.45) is 7.51. The third-order valence-electron chi connectivity index (χ3n) is 4.39. The van der Waals surface area contributed by atoms with Gasteiger partial charge in [0.2, 0.25) is 0 Å². The molecule has 0 aliphatic heterocycles. The molecule has 2 heteroatoms. The molecule has 3 rings (SSSR count). The number of hydrogen-bond acceptors (Lipinski definition) is 0. The topological polar surface area (TPSA) is 0 Å². The molecule has 1 aliphatic rings. The number of benzene rings is 2. The molecule has 0 saturated carbocycles. The Morgan fingerprint density at radius 3 is 2.62 bits per heavy atom. The molecule has 21 heavy (non-hydrogen) atoms. The lowest BCUT2D eigenvalue weighted by atomic mass is 9.97. The van der Waals surface area contributed by atoms with Crippen molar-refractivity contribution < 1.29 is 0 Å². The first kappa shape index (κ1) is 15.3. The van der Waals surface area contributed by atoms with Crippen LogP contribution >= 0.6 is 31.9 Å². The number of fused-ring (bicyclic) bond motifs is 3. The van der Waals surface area contributed by atoms with Gasteiger partial charge in [0.05, 0.1) is 0 Å². The lowest BCUT2D eigenvalue weighted by Gasteiger charge is -2.13. The standard InChI is InChI=1S/C19H20Br2/c1-2-3-4-5-10-15-16-11-13-8-6-7-9-14(13)17(16)12-18(20)19(15)21/h6-9,12H,2-5,10-11H2,1H3. The van der Waals surface area contributed by atoms with Gasteiger partial charge in [-0.3, -0.25) is 0 Å². The molecule has 0 radical (unpaired) electrons. The Bertz CT molecular complexity index is 659. The van der Waals surface area contributed by atoms with Crippen LogP contribution in [0.4, 0.5) is 0 Å². The second-order valence-electron chi connectivity index (χ2n) is 5.82. The molecule has 0 nitrogen and oxygen atoms in total. The van der Waals surface area contributed by atoms with Gasteiger partial charge in [0, 0.05) is 8.95 Å². The van der Waals surface area contributed by atoms with Crippen LogP contribution in [0.15, 0.2) is 39.3 Å². The largest absolute Gasteiger partial charge is 0.0654 e. The molecule has 0 bridgehead atoms. The van der Waals surface area contributed by atoms with Gasteiger partial charge in [-0.25, -0.2) is 0 Å². The van der Waals surface area contributed by atoms with Crippen molar-refractivity contribution in [1.82, 2.24) is 0 Å². The maximum Gasteiger partial charge on any atom is 0.0352 e. The first-order valence-corrected chi connectivity index (χ1v) is 9.39. The van der Waals surface area contributed by atoms with E-state index in [0.29, 0.717) is 0 Å². The first-order valence-electron chi connectivity index (χ1n) is 7.80. The van der Waals surface area contributed by atoms with Crippen LogP contribution in [-0.2, 0) is 12.8 Å². The fourth-order valence-corrected chi connectivity index (χ4v) is 4.30. The third-order valence-corrected chi connectivity index (χ3v) is 6.45. The molecule has 0 aromatic heterocycles. The molecule has 110 valence electrons. The van der Waals surface area contributed by atoms with Crippen molar-refractivity contribution in [3.8, 4) is 11.1 Å². The van der Waals surface area contributed by atoms with E-state index in [4.69, 9.17) is 0 Å². The molecule has 0 unspecified atom stereocenters. The number of halogens is 2. The maximum absolute atomic E-state index is 3.80. The van der Waals surface area contributed by atoms with Crippen molar-refractivity contribution >= 4 is 31.9 Å². The summed E-state index contributed by atoms with van der Waals surface area (Å²) in [5.74, 6) is 0. The fourth-order valence-electron chi connectivity index (χ4n) is 3.28. The molecule has 0 atom stereocenters. The van der Waals surface area contributed by atoms with E-state index in [2.05, 4.69) is 69.1 Å². The predicted octanol–water partition coefficient (Wildman–Crippen LogP) is 6.91. The number of unbranched alkanes of at least 4 members (excludes halogenated alkanes) is 3. The minimum Gasteiger partial charge on any atom is -0.0654 e. The second kappa shape index (κ2) is 6.66. The third kappa shape index (κ3) is 2.98. The Hall–Kier alpha value is -0.600. The van der Waals surface area contributed by atoms with Crippen molar-refractivity contribution in [3.63, 3.8) is 0 Å². The molecule has 0 fully saturated rings. The molecule has 0 spiro atoms. The summed E-state index contributed by atoms with van der Waals surface area (Å²) in [6, 6.07) is 11.1. The van der Waals surface area contributed by atoms with Crippen molar-refractivity contribution in [3.05, 3.63) is 56.0 Å². The van der Waals surface area contributed by atoms with Crippen molar-refractivity contribution in [2.75, 3.05) is 0 Å². The number of rotatable bonds is 5. The van der Waals surface area contributed by atoms with Gasteiger partial charge in [-0.05, 0) is 85.0 Å². The Labute approximate surface area is 144 Å². The van der Waals surface area contributed by atoms with Crippen LogP contribution in [0, 0.1) is 0 Å². The predicted molar refractivity (Wildman–Crippen MR) is 97.9 cm³/mol. The zero-order chi connectivity index (χ0) is 14.8. The smallest absolute Gasteiger partial charge is 0.0352 e. The molecular formula is C19H20Br2. The van der Waals surface area contributed by atoms with Crippen molar-refractivity contribution in [2.45, 2.75) is 45.4 Å². The van der Waals surface area contributed by atoms with E-state index in [1.54, 1.807) is 0 Å². The van der Waals surface area contributed by atoms with Gasteiger partial charge >= 0.3 is 0 Å². The highest BCUT2D eigenvalue weighted by Gasteiger charge is 2.23. The monoisotopic (exact) mass is 406 g/mol. The maximum atomic E-state index is 3.80. The Kier molecular flexibility index (Phi) is 4.85. The average molecular weight is 408 g/mol. The number of hydrogen-bond donors (Lipinski definition) is 0. The highest BCUT2D eigenvalue weighted by atomic mass is 79.9. The zero-order valence-electron chi connectivity index (χ0n) is 12.4. The van der Waals surface area contributed by atoms with Gasteiger partial charge in [-0.15, -0.1) is 0 Å². The minimum atomic E-state index is 1.08. The van der Waals surface area contributed by atoms with Crippen molar-refractivity contribution in [1.29, 1.82) is 0 Å². The molecular weight excluding hydrogens is 388 g/mol. The van der Waals surface area contributed by atoms with Gasteiger partial charge in [-0.2, -0.15) is 0 Å². The second-order valence-corrected chi connectivity index (χ2v) is 7.47. The molecule has 0 amide bonds. The molecule has 2 aromatic rings. The Morgan fingerprint density at radius 1 is 1.00 bits per heavy atom. The van der Waals surface area contributed by atoms with Gasteiger partial charge in [0.25, 0.3) is 0 Å². The normalized spacial score (nSPS) is 12.3. The summed E-state index contributed by atoms with van der Waals surface area (Å²) in [5, 5.41) is 0. The molecule has 0 N–H and O–H groups in total. The quantitative estimate of drug-likeness (QED) is 0.403. The van der Waals surface area contributed by atoms with Crippen LogP contribution < -0.4 is 0 Å². The lowest BCUT2D eigenvalue weighted by Crippen LogP contribution is -1.96. The van der Waals surface area contributed by atoms with Gasteiger partial charge in [-0.1, -0.05) is 50.5 Å². The molecule has 0 heterocycles. The van der Waals surface area contributed by atoms with Crippen LogP contribution in [0.25, 0.3) is 11.1 Å². The summed E-state index contributed by atoms with van der Waals surface area (Å²) >= 11 is 7.53. The van der Waals surface area contributed by atoms with E-state index in [1.165, 1.54) is 68.9 Å². The average Bonchev–Trinajstić information content (AvgIpc) is 2.85. The van der Waals surface area contributed by atoms with E-state index >= 15 is 0 Å². The van der Waals surface area contributed by atoms with Gasteiger partial charge < -0.3 is 0 Å². The summed E-state index contributed by atoms with van der Waals surface area (Å²) in [6.45, 7) is 2.27. The highest BCUT2D eigenvalue weighted by Crippen LogP contribution is 2.44. The van der Waals surface area contributed by atoms with E-state index < -0.39 is 0 Å². The minimum absolute atomic E-state index is 1.08. The van der Waals surface area contributed by atoms with Gasteiger partial charge in [0.15, 0.2) is 0 Å². The fraction of sp³-hybridized carbons (Fsp3) is 0.368. The van der Waals surface area contributed by atoms with E-state index in [0.717, 1.165) is 6.42 Å². The SMILES string of the molecule is CCCCCCc1c(Br)c(Br)cc2c1Cc1ccccc1-2. The van der Waals surface area contributed by atoms with Crippen LogP contribution in [0.3, 0.4) is 0 Å². The Balaban J connectivity index is 1.96.